The molecule has 3 aliphatic heterocycles. The third-order valence-electron chi connectivity index (χ3n) is 17.2. The summed E-state index contributed by atoms with van der Waals surface area (Å²) in [6, 6.07) is -1.01. The van der Waals surface area contributed by atoms with Crippen LogP contribution in [-0.4, -0.2) is 170 Å². The van der Waals surface area contributed by atoms with Crippen LogP contribution in [0.2, 0.25) is 0 Å². The first-order chi connectivity index (χ1) is 36.2. The molecule has 2 saturated heterocycles. The van der Waals surface area contributed by atoms with E-state index in [1.165, 1.54) is 12.0 Å². The third-order valence-corrected chi connectivity index (χ3v) is 17.2. The van der Waals surface area contributed by atoms with Crippen LogP contribution in [-0.2, 0) is 47.5 Å². The maximum absolute atomic E-state index is 14.4. The van der Waals surface area contributed by atoms with Crippen LogP contribution in [0.1, 0.15) is 139 Å². The van der Waals surface area contributed by atoms with Crippen LogP contribution >= 0.6 is 0 Å². The summed E-state index contributed by atoms with van der Waals surface area (Å²) in [6.45, 7) is 18.3. The number of nitrogens with zero attached hydrogens (tertiary/aromatic N) is 1. The van der Waals surface area contributed by atoms with Gasteiger partial charge < -0.3 is 63.6 Å². The lowest BCUT2D eigenvalue weighted by Gasteiger charge is -2.42. The number of carbonyl (C=O) groups is 3. The van der Waals surface area contributed by atoms with E-state index >= 15 is 0 Å². The predicted molar refractivity (Wildman–Crippen MR) is 292 cm³/mol. The summed E-state index contributed by atoms with van der Waals surface area (Å²) < 4.78 is 41.0. The van der Waals surface area contributed by atoms with Crippen molar-refractivity contribution in [3.05, 3.63) is 47.6 Å². The van der Waals surface area contributed by atoms with Gasteiger partial charge in [0.05, 0.1) is 77.3 Å². The summed E-state index contributed by atoms with van der Waals surface area (Å²) in [5, 5.41) is 55.1. The molecular weight excluding hydrogens is 975 g/mol. The monoisotopic (exact) mass is 1080 g/mol. The number of cyclic esters (lactones) is 1. The number of ketones is 1. The number of rotatable bonds is 15. The van der Waals surface area contributed by atoms with Gasteiger partial charge in [-0.3, -0.25) is 9.59 Å². The number of hydrogen-bond donors (Lipinski definition) is 5. The van der Waals surface area contributed by atoms with Gasteiger partial charge in [-0.15, -0.1) is 0 Å². The Morgan fingerprint density at radius 3 is 2.18 bits per heavy atom. The molecule has 16 nitrogen and oxygen atoms in total. The highest BCUT2D eigenvalue weighted by Gasteiger charge is 2.53. The van der Waals surface area contributed by atoms with Gasteiger partial charge in [-0.1, -0.05) is 83.6 Å². The molecule has 4 aliphatic rings. The van der Waals surface area contributed by atoms with Crippen LogP contribution in [0.5, 0.6) is 0 Å². The van der Waals surface area contributed by atoms with Crippen molar-refractivity contribution in [2.45, 2.75) is 187 Å². The van der Waals surface area contributed by atoms with E-state index in [0.29, 0.717) is 95.9 Å². The Morgan fingerprint density at radius 2 is 1.49 bits per heavy atom. The lowest BCUT2D eigenvalue weighted by molar-refractivity contribution is -0.265. The van der Waals surface area contributed by atoms with Crippen molar-refractivity contribution in [3.63, 3.8) is 0 Å². The van der Waals surface area contributed by atoms with E-state index in [1.807, 2.05) is 51.2 Å². The SMILES string of the molecule is COC1CC(CC(C)C2CCC(C)/C=C(\C)C(O)C(OC)C(O)C(C)C(C)CC(C)/C=C/C=C/C=C(\C)C(COCCOCCOCCO)CC3CCC(C)C(O)(O3)C(=O)C(=O)N3CCCCC3C(=O)OC2)CCC1O. The largest absolute Gasteiger partial charge is 0.464 e. The van der Waals surface area contributed by atoms with E-state index in [1.54, 1.807) is 14.0 Å². The highest BCUT2D eigenvalue weighted by atomic mass is 16.6. The Balaban J connectivity index is 1.64. The number of esters is 1. The van der Waals surface area contributed by atoms with Crippen LogP contribution in [0.4, 0.5) is 0 Å². The van der Waals surface area contributed by atoms with Gasteiger partial charge in [-0.05, 0) is 144 Å². The van der Waals surface area contributed by atoms with Gasteiger partial charge in [0, 0.05) is 32.6 Å². The van der Waals surface area contributed by atoms with Gasteiger partial charge in [0.15, 0.2) is 0 Å². The molecular formula is C60H101NO15. The highest BCUT2D eigenvalue weighted by molar-refractivity contribution is 6.39. The molecule has 3 fully saturated rings. The van der Waals surface area contributed by atoms with E-state index in [2.05, 4.69) is 33.8 Å². The maximum atomic E-state index is 14.4. The topological polar surface area (TPSA) is 220 Å². The van der Waals surface area contributed by atoms with Gasteiger partial charge in [-0.25, -0.2) is 4.79 Å². The number of methoxy groups -OCH3 is 2. The van der Waals surface area contributed by atoms with Crippen molar-refractivity contribution in [2.24, 2.45) is 53.3 Å². The molecule has 1 amide bonds. The minimum atomic E-state index is -2.41. The van der Waals surface area contributed by atoms with Crippen LogP contribution < -0.4 is 0 Å². The Labute approximate surface area is 455 Å². The number of fused-ring (bicyclic) bond motifs is 3. The average Bonchev–Trinajstić information content (AvgIpc) is 3.40. The zero-order valence-corrected chi connectivity index (χ0v) is 48.0. The van der Waals surface area contributed by atoms with Crippen LogP contribution in [0, 0.1) is 53.3 Å². The van der Waals surface area contributed by atoms with Crippen molar-refractivity contribution < 1.29 is 73.1 Å². The lowest BCUT2D eigenvalue weighted by Crippen LogP contribution is -2.60. The second kappa shape index (κ2) is 33.7. The Morgan fingerprint density at radius 1 is 0.776 bits per heavy atom. The first-order valence-electron chi connectivity index (χ1n) is 28.8. The van der Waals surface area contributed by atoms with Gasteiger partial charge in [0.1, 0.15) is 18.2 Å². The Kier molecular flexibility index (Phi) is 29.1. The summed E-state index contributed by atoms with van der Waals surface area (Å²) in [4.78, 5) is 44.4. The molecule has 0 aromatic rings. The fourth-order valence-corrected chi connectivity index (χ4v) is 11.8. The maximum Gasteiger partial charge on any atom is 0.328 e. The molecule has 0 aromatic carbocycles. The molecule has 2 bridgehead atoms. The second-order valence-electron chi connectivity index (χ2n) is 23.2. The molecule has 436 valence electrons. The zero-order valence-electron chi connectivity index (χ0n) is 48.0. The second-order valence-corrected chi connectivity index (χ2v) is 23.2. The number of carbonyl (C=O) groups excluding carboxylic acids is 3. The highest BCUT2D eigenvalue weighted by Crippen LogP contribution is 2.39. The number of hydrogen-bond acceptors (Lipinski definition) is 15. The quantitative estimate of drug-likeness (QED) is 0.0470. The Hall–Kier alpha value is -2.87. The molecule has 17 unspecified atom stereocenters. The number of piperidine rings is 1. The fraction of sp³-hybridized carbons (Fsp3) is 0.817. The number of aliphatic hydroxyl groups excluding tert-OH is 4. The zero-order chi connectivity index (χ0) is 56.0. The summed E-state index contributed by atoms with van der Waals surface area (Å²) >= 11 is 0. The van der Waals surface area contributed by atoms with Crippen molar-refractivity contribution >= 4 is 17.7 Å². The number of Topliss-reactive ketones (excluding diaryl/α,β-unsaturated/α-hetero) is 1. The molecule has 0 spiro atoms. The van der Waals surface area contributed by atoms with E-state index in [4.69, 9.17) is 38.3 Å². The molecule has 5 N–H and O–H groups in total. The van der Waals surface area contributed by atoms with Crippen molar-refractivity contribution in [3.8, 4) is 0 Å². The minimum absolute atomic E-state index is 0.0195. The first-order valence-corrected chi connectivity index (χ1v) is 28.8. The summed E-state index contributed by atoms with van der Waals surface area (Å²) in [5.74, 6) is -5.41. The molecule has 0 aromatic heterocycles. The van der Waals surface area contributed by atoms with Crippen molar-refractivity contribution in [2.75, 3.05) is 73.6 Å². The molecule has 4 rings (SSSR count). The van der Waals surface area contributed by atoms with Gasteiger partial charge in [0.25, 0.3) is 11.7 Å². The van der Waals surface area contributed by atoms with E-state index in [9.17, 15) is 34.8 Å². The molecule has 17 atom stereocenters. The number of aliphatic hydroxyl groups is 5. The standard InChI is InChI=1S/C60H101NO15/c1-39-16-12-11-13-17-41(3)49(37-74-31-30-73-29-28-72-27-26-62)36-50-23-20-45(7)60(69,76-50)57(66)58(67)61-25-15-14-18-51(61)59(68)75-38-48(43(5)34-47-21-24-52(63)53(35-47)70-9)22-19-40(2)33-44(6)54(64)56(71-10)55(65)46(8)42(4)32-39/h11-13,16-17,33,39-40,42-43,45-56,62-65,69H,14-15,18-32,34-38H2,1-10H3/b13-11+,16-12+,41-17+,44-33+. The molecule has 0 radical (unpaired) electrons. The average molecular weight is 1080 g/mol. The molecule has 1 aliphatic carbocycles. The molecule has 1 saturated carbocycles. The number of allylic oxidation sites excluding steroid dienone is 6. The Bertz CT molecular complexity index is 1860. The first kappa shape index (κ1) is 65.6. The summed E-state index contributed by atoms with van der Waals surface area (Å²) in [7, 11) is 3.16. The molecule has 76 heavy (non-hydrogen) atoms. The summed E-state index contributed by atoms with van der Waals surface area (Å²) in [5.41, 5.74) is 1.69. The van der Waals surface area contributed by atoms with E-state index in [-0.39, 0.29) is 73.9 Å². The van der Waals surface area contributed by atoms with Gasteiger partial charge in [-0.2, -0.15) is 0 Å². The minimum Gasteiger partial charge on any atom is -0.464 e. The predicted octanol–water partition coefficient (Wildman–Crippen LogP) is 7.32. The smallest absolute Gasteiger partial charge is 0.328 e. The van der Waals surface area contributed by atoms with Crippen molar-refractivity contribution in [1.82, 2.24) is 4.90 Å². The van der Waals surface area contributed by atoms with Gasteiger partial charge in [0.2, 0.25) is 5.79 Å². The normalized spacial score (nSPS) is 38.5. The fourth-order valence-electron chi connectivity index (χ4n) is 11.8. The number of ether oxygens (including phenoxy) is 7. The molecule has 3 heterocycles. The van der Waals surface area contributed by atoms with Crippen LogP contribution in [0.3, 0.4) is 0 Å². The van der Waals surface area contributed by atoms with E-state index in [0.717, 1.165) is 37.7 Å². The lowest BCUT2D eigenvalue weighted by atomic mass is 9.76. The van der Waals surface area contributed by atoms with Crippen LogP contribution in [0.25, 0.3) is 0 Å². The van der Waals surface area contributed by atoms with Gasteiger partial charge >= 0.3 is 5.97 Å². The molecule has 16 heteroatoms. The summed E-state index contributed by atoms with van der Waals surface area (Å²) in [6.07, 6.45) is 16.2. The van der Waals surface area contributed by atoms with Crippen LogP contribution in [0.15, 0.2) is 47.6 Å². The van der Waals surface area contributed by atoms with E-state index < -0.39 is 65.9 Å². The third kappa shape index (κ3) is 20.0. The van der Waals surface area contributed by atoms with Crippen molar-refractivity contribution in [1.29, 1.82) is 0 Å². The number of amides is 1.